The van der Waals surface area contributed by atoms with Crippen LogP contribution >= 0.6 is 27.3 Å². The van der Waals surface area contributed by atoms with E-state index in [1.165, 1.54) is 18.3 Å². The smallest absolute Gasteiger partial charge is 0.280 e. The number of nitrogens with zero attached hydrogens (tertiary/aromatic N) is 1. The summed E-state index contributed by atoms with van der Waals surface area (Å²) in [6, 6.07) is 11.1. The molecule has 1 unspecified atom stereocenters. The Morgan fingerprint density at radius 2 is 2.12 bits per heavy atom. The van der Waals surface area contributed by atoms with Crippen molar-refractivity contribution >= 4 is 60.1 Å². The van der Waals surface area contributed by atoms with Crippen molar-refractivity contribution in [2.75, 3.05) is 10.6 Å². The molecule has 8 heteroatoms. The fourth-order valence-electron chi connectivity index (χ4n) is 2.66. The molecule has 4 rings (SSSR count). The fraction of sp³-hybridized carbons (Fsp3) is 0.167. The van der Waals surface area contributed by atoms with Gasteiger partial charge in [0.25, 0.3) is 17.4 Å². The number of amides is 2. The molecule has 0 saturated carbocycles. The van der Waals surface area contributed by atoms with Crippen molar-refractivity contribution in [2.45, 2.75) is 19.4 Å². The number of hydrogen-bond acceptors (Lipinski definition) is 5. The molecule has 6 nitrogen and oxygen atoms in total. The van der Waals surface area contributed by atoms with Gasteiger partial charge in [-0.2, -0.15) is 0 Å². The van der Waals surface area contributed by atoms with Gasteiger partial charge in [-0.3, -0.25) is 14.9 Å². The standard InChI is InChI=1S/C18H14BrN3O3S/c1-9-3-6-13-12(7-9)20-15(23)18(2,25-13)16(24)22-17-21-11-5-4-10(19)8-14(11)26-17/h3-8H,1-2H3,(H,20,23)(H,21,22,24). The van der Waals surface area contributed by atoms with E-state index < -0.39 is 17.4 Å². The van der Waals surface area contributed by atoms with Gasteiger partial charge in [0, 0.05) is 4.47 Å². The van der Waals surface area contributed by atoms with E-state index in [0.29, 0.717) is 16.6 Å². The number of carbonyl (C=O) groups is 2. The summed E-state index contributed by atoms with van der Waals surface area (Å²) in [6.45, 7) is 3.36. The summed E-state index contributed by atoms with van der Waals surface area (Å²) < 4.78 is 7.62. The predicted octanol–water partition coefficient (Wildman–Crippen LogP) is 4.10. The summed E-state index contributed by atoms with van der Waals surface area (Å²) in [5.41, 5.74) is 0.640. The number of rotatable bonds is 2. The van der Waals surface area contributed by atoms with Crippen LogP contribution in [0.1, 0.15) is 12.5 Å². The van der Waals surface area contributed by atoms with E-state index >= 15 is 0 Å². The molecule has 1 aliphatic heterocycles. The van der Waals surface area contributed by atoms with Gasteiger partial charge in [0.2, 0.25) is 0 Å². The summed E-state index contributed by atoms with van der Waals surface area (Å²) in [6.07, 6.45) is 0. The second-order valence-electron chi connectivity index (χ2n) is 6.17. The molecule has 0 fully saturated rings. The van der Waals surface area contributed by atoms with Crippen molar-refractivity contribution in [2.24, 2.45) is 0 Å². The van der Waals surface area contributed by atoms with Crippen LogP contribution in [0.5, 0.6) is 5.75 Å². The maximum Gasteiger partial charge on any atom is 0.280 e. The molecule has 0 saturated heterocycles. The molecular formula is C18H14BrN3O3S. The predicted molar refractivity (Wildman–Crippen MR) is 105 cm³/mol. The number of thiazole rings is 1. The highest BCUT2D eigenvalue weighted by atomic mass is 79.9. The monoisotopic (exact) mass is 431 g/mol. The van der Waals surface area contributed by atoms with E-state index in [1.54, 1.807) is 12.1 Å². The lowest BCUT2D eigenvalue weighted by Crippen LogP contribution is -2.56. The molecule has 2 amide bonds. The number of hydrogen-bond donors (Lipinski definition) is 2. The molecule has 26 heavy (non-hydrogen) atoms. The van der Waals surface area contributed by atoms with E-state index in [9.17, 15) is 9.59 Å². The van der Waals surface area contributed by atoms with E-state index in [2.05, 4.69) is 31.5 Å². The third-order valence-electron chi connectivity index (χ3n) is 4.13. The largest absolute Gasteiger partial charge is 0.466 e. The maximum atomic E-state index is 12.8. The molecule has 2 N–H and O–H groups in total. The van der Waals surface area contributed by atoms with Crippen LogP contribution in [-0.2, 0) is 9.59 Å². The van der Waals surface area contributed by atoms with Crippen molar-refractivity contribution in [1.29, 1.82) is 0 Å². The van der Waals surface area contributed by atoms with Crippen LogP contribution in [0.3, 0.4) is 0 Å². The van der Waals surface area contributed by atoms with E-state index in [0.717, 1.165) is 20.3 Å². The Kier molecular flexibility index (Phi) is 3.96. The molecule has 1 aromatic heterocycles. The average Bonchev–Trinajstić information content (AvgIpc) is 2.97. The molecule has 1 atom stereocenters. The van der Waals surface area contributed by atoms with Gasteiger partial charge in [-0.25, -0.2) is 4.98 Å². The van der Waals surface area contributed by atoms with Gasteiger partial charge in [0.05, 0.1) is 15.9 Å². The Balaban J connectivity index is 1.62. The van der Waals surface area contributed by atoms with Gasteiger partial charge in [-0.1, -0.05) is 33.3 Å². The molecular weight excluding hydrogens is 418 g/mol. The van der Waals surface area contributed by atoms with E-state index in [1.807, 2.05) is 31.2 Å². The number of anilines is 2. The molecule has 2 heterocycles. The fourth-order valence-corrected chi connectivity index (χ4v) is 4.07. The number of fused-ring (bicyclic) bond motifs is 2. The van der Waals surface area contributed by atoms with Crippen molar-refractivity contribution in [3.05, 3.63) is 46.4 Å². The Morgan fingerprint density at radius 1 is 1.31 bits per heavy atom. The minimum absolute atomic E-state index is 0.412. The molecule has 1 aliphatic rings. The Bertz CT molecular complexity index is 1070. The highest BCUT2D eigenvalue weighted by molar-refractivity contribution is 9.10. The number of nitrogens with one attached hydrogen (secondary N) is 2. The van der Waals surface area contributed by atoms with E-state index in [-0.39, 0.29) is 0 Å². The number of ether oxygens (including phenoxy) is 1. The van der Waals surface area contributed by atoms with Crippen LogP contribution in [0.4, 0.5) is 10.8 Å². The lowest BCUT2D eigenvalue weighted by molar-refractivity contribution is -0.143. The zero-order valence-corrected chi connectivity index (χ0v) is 16.3. The Morgan fingerprint density at radius 3 is 2.92 bits per heavy atom. The zero-order chi connectivity index (χ0) is 18.5. The van der Waals surface area contributed by atoms with Crippen LogP contribution in [-0.4, -0.2) is 22.4 Å². The Labute approximate surface area is 161 Å². The number of halogens is 1. The van der Waals surface area contributed by atoms with Gasteiger partial charge < -0.3 is 10.1 Å². The minimum atomic E-state index is -1.68. The third-order valence-corrected chi connectivity index (χ3v) is 5.56. The third kappa shape index (κ3) is 2.85. The van der Waals surface area contributed by atoms with Crippen molar-refractivity contribution in [3.8, 4) is 5.75 Å². The highest BCUT2D eigenvalue weighted by Gasteiger charge is 2.47. The highest BCUT2D eigenvalue weighted by Crippen LogP contribution is 2.35. The molecule has 0 radical (unpaired) electrons. The molecule has 0 aliphatic carbocycles. The topological polar surface area (TPSA) is 80.3 Å². The van der Waals surface area contributed by atoms with Gasteiger partial charge in [0.1, 0.15) is 5.75 Å². The molecule has 0 spiro atoms. The SMILES string of the molecule is Cc1ccc2c(c1)NC(=O)C(C)(C(=O)Nc1nc3ccc(Br)cc3s1)O2. The lowest BCUT2D eigenvalue weighted by Gasteiger charge is -2.33. The summed E-state index contributed by atoms with van der Waals surface area (Å²) >= 11 is 4.74. The number of carbonyl (C=O) groups excluding carboxylic acids is 2. The average molecular weight is 432 g/mol. The quantitative estimate of drug-likeness (QED) is 0.598. The number of aryl methyl sites for hydroxylation is 1. The summed E-state index contributed by atoms with van der Waals surface area (Å²) in [7, 11) is 0. The minimum Gasteiger partial charge on any atom is -0.466 e. The first-order chi connectivity index (χ1) is 12.3. The Hall–Kier alpha value is -2.45. The van der Waals surface area contributed by atoms with Gasteiger partial charge in [0.15, 0.2) is 5.13 Å². The first-order valence-corrected chi connectivity index (χ1v) is 9.45. The van der Waals surface area contributed by atoms with Crippen LogP contribution in [0.25, 0.3) is 10.2 Å². The van der Waals surface area contributed by atoms with Crippen LogP contribution in [0.15, 0.2) is 40.9 Å². The molecule has 3 aromatic rings. The van der Waals surface area contributed by atoms with Crippen LogP contribution in [0.2, 0.25) is 0 Å². The summed E-state index contributed by atoms with van der Waals surface area (Å²) in [5, 5.41) is 5.86. The zero-order valence-electron chi connectivity index (χ0n) is 13.9. The molecule has 132 valence electrons. The first-order valence-electron chi connectivity index (χ1n) is 7.84. The van der Waals surface area contributed by atoms with E-state index in [4.69, 9.17) is 4.74 Å². The molecule has 2 aromatic carbocycles. The van der Waals surface area contributed by atoms with Gasteiger partial charge >= 0.3 is 0 Å². The second kappa shape index (κ2) is 6.07. The molecule has 0 bridgehead atoms. The maximum absolute atomic E-state index is 12.8. The van der Waals surface area contributed by atoms with Gasteiger partial charge in [-0.15, -0.1) is 0 Å². The van der Waals surface area contributed by atoms with Crippen molar-refractivity contribution < 1.29 is 14.3 Å². The summed E-state index contributed by atoms with van der Waals surface area (Å²) in [5.74, 6) is -0.627. The first kappa shape index (κ1) is 17.0. The summed E-state index contributed by atoms with van der Waals surface area (Å²) in [4.78, 5) is 29.7. The van der Waals surface area contributed by atoms with Crippen molar-refractivity contribution in [3.63, 3.8) is 0 Å². The number of aromatic nitrogens is 1. The number of benzene rings is 2. The van der Waals surface area contributed by atoms with Crippen molar-refractivity contribution in [1.82, 2.24) is 4.98 Å². The second-order valence-corrected chi connectivity index (χ2v) is 8.12. The van der Waals surface area contributed by atoms with Crippen LogP contribution in [0, 0.1) is 6.92 Å². The lowest BCUT2D eigenvalue weighted by atomic mass is 10.0. The normalized spacial score (nSPS) is 18.8. The van der Waals surface area contributed by atoms with Gasteiger partial charge in [-0.05, 0) is 49.7 Å². The van der Waals surface area contributed by atoms with Crippen LogP contribution < -0.4 is 15.4 Å².